The third kappa shape index (κ3) is 5.34. The van der Waals surface area contributed by atoms with Gasteiger partial charge in [0.15, 0.2) is 5.13 Å². The number of rotatable bonds is 5. The van der Waals surface area contributed by atoms with E-state index in [-0.39, 0.29) is 11.8 Å². The molecule has 1 N–H and O–H groups in total. The number of benzene rings is 1. The van der Waals surface area contributed by atoms with E-state index >= 15 is 0 Å². The van der Waals surface area contributed by atoms with Crippen molar-refractivity contribution < 1.29 is 4.79 Å². The van der Waals surface area contributed by atoms with E-state index in [0.29, 0.717) is 5.13 Å². The van der Waals surface area contributed by atoms with Gasteiger partial charge in [0.25, 0.3) is 0 Å². The Morgan fingerprint density at radius 2 is 1.91 bits per heavy atom. The Morgan fingerprint density at radius 1 is 1.26 bits per heavy atom. The molecule has 0 unspecified atom stereocenters. The van der Waals surface area contributed by atoms with Crippen molar-refractivity contribution in [1.82, 2.24) is 9.29 Å². The molecule has 124 valence electrons. The Balaban J connectivity index is 0.000000924. The van der Waals surface area contributed by atoms with E-state index in [1.807, 2.05) is 33.3 Å². The molecule has 0 aliphatic heterocycles. The van der Waals surface area contributed by atoms with E-state index in [9.17, 15) is 4.79 Å². The largest absolute Gasteiger partial charge is 0.302 e. The zero-order chi connectivity index (χ0) is 16.8. The van der Waals surface area contributed by atoms with Crippen molar-refractivity contribution in [3.63, 3.8) is 0 Å². The minimum Gasteiger partial charge on any atom is -0.302 e. The van der Waals surface area contributed by atoms with Crippen LogP contribution in [0.2, 0.25) is 0 Å². The molecule has 4 nitrogen and oxygen atoms in total. The summed E-state index contributed by atoms with van der Waals surface area (Å²) in [6, 6.07) is 8.30. The summed E-state index contributed by atoms with van der Waals surface area (Å²) < 4.78 is 2.06. The van der Waals surface area contributed by atoms with Crippen LogP contribution in [0.15, 0.2) is 34.5 Å². The number of thiazole rings is 1. The molecule has 0 bridgehead atoms. The van der Waals surface area contributed by atoms with Crippen LogP contribution in [0.25, 0.3) is 11.3 Å². The van der Waals surface area contributed by atoms with Gasteiger partial charge in [-0.25, -0.2) is 4.98 Å². The number of carbonyl (C=O) groups excluding carboxylic acids is 1. The SMILES string of the molecule is CC.CN(C)Sc1ccc(-c2csc(NC(=O)C3CC3)n2)cc1. The predicted molar refractivity (Wildman–Crippen MR) is 99.8 cm³/mol. The molecule has 0 spiro atoms. The number of nitrogens with zero attached hydrogens (tertiary/aromatic N) is 2. The van der Waals surface area contributed by atoms with Gasteiger partial charge in [-0.1, -0.05) is 26.0 Å². The lowest BCUT2D eigenvalue weighted by Gasteiger charge is -2.08. The van der Waals surface area contributed by atoms with Crippen LogP contribution < -0.4 is 5.32 Å². The number of amides is 1. The highest BCUT2D eigenvalue weighted by atomic mass is 32.2. The molecule has 1 aliphatic carbocycles. The van der Waals surface area contributed by atoms with E-state index in [4.69, 9.17) is 0 Å². The molecule has 23 heavy (non-hydrogen) atoms. The number of carbonyl (C=O) groups is 1. The van der Waals surface area contributed by atoms with Crippen molar-refractivity contribution in [1.29, 1.82) is 0 Å². The number of aromatic nitrogens is 1. The summed E-state index contributed by atoms with van der Waals surface area (Å²) in [6.07, 6.45) is 2.02. The molecule has 1 aromatic carbocycles. The maximum atomic E-state index is 11.7. The molecular weight excluding hydrogens is 326 g/mol. The predicted octanol–water partition coefficient (Wildman–Crippen LogP) is 4.75. The second-order valence-electron chi connectivity index (χ2n) is 5.23. The highest BCUT2D eigenvalue weighted by Crippen LogP contribution is 2.32. The lowest BCUT2D eigenvalue weighted by atomic mass is 10.2. The number of hydrogen-bond donors (Lipinski definition) is 1. The van der Waals surface area contributed by atoms with Gasteiger partial charge in [-0.3, -0.25) is 9.10 Å². The highest BCUT2D eigenvalue weighted by Gasteiger charge is 2.30. The third-order valence-corrected chi connectivity index (χ3v) is 4.73. The average molecular weight is 350 g/mol. The van der Waals surface area contributed by atoms with Crippen LogP contribution in [0.3, 0.4) is 0 Å². The van der Waals surface area contributed by atoms with Crippen molar-refractivity contribution in [2.24, 2.45) is 5.92 Å². The third-order valence-electron chi connectivity index (χ3n) is 3.12. The summed E-state index contributed by atoms with van der Waals surface area (Å²) in [5, 5.41) is 5.56. The first-order chi connectivity index (χ1) is 11.1. The summed E-state index contributed by atoms with van der Waals surface area (Å²) in [5.74, 6) is 0.313. The van der Waals surface area contributed by atoms with Crippen LogP contribution in [0, 0.1) is 5.92 Å². The van der Waals surface area contributed by atoms with Gasteiger partial charge in [0, 0.05) is 21.8 Å². The first-order valence-corrected chi connectivity index (χ1v) is 9.49. The lowest BCUT2D eigenvalue weighted by Crippen LogP contribution is -2.12. The first kappa shape index (κ1) is 18.0. The van der Waals surface area contributed by atoms with E-state index in [2.05, 4.69) is 38.9 Å². The molecule has 3 rings (SSSR count). The van der Waals surface area contributed by atoms with Gasteiger partial charge in [0.1, 0.15) is 0 Å². The summed E-state index contributed by atoms with van der Waals surface area (Å²) in [5.41, 5.74) is 1.98. The fourth-order valence-electron chi connectivity index (χ4n) is 1.91. The van der Waals surface area contributed by atoms with E-state index in [0.717, 1.165) is 24.1 Å². The highest BCUT2D eigenvalue weighted by molar-refractivity contribution is 7.97. The molecule has 1 saturated carbocycles. The Labute approximate surface area is 146 Å². The summed E-state index contributed by atoms with van der Waals surface area (Å²) in [4.78, 5) is 17.4. The van der Waals surface area contributed by atoms with Crippen LogP contribution in [-0.2, 0) is 4.79 Å². The molecule has 1 amide bonds. The molecule has 1 aliphatic rings. The van der Waals surface area contributed by atoms with Crippen molar-refractivity contribution >= 4 is 34.3 Å². The monoisotopic (exact) mass is 349 g/mol. The van der Waals surface area contributed by atoms with Crippen LogP contribution in [0.4, 0.5) is 5.13 Å². The van der Waals surface area contributed by atoms with Crippen molar-refractivity contribution in [3.05, 3.63) is 29.6 Å². The fraction of sp³-hybridized carbons (Fsp3) is 0.412. The quantitative estimate of drug-likeness (QED) is 0.791. The van der Waals surface area contributed by atoms with Crippen molar-refractivity contribution in [3.8, 4) is 11.3 Å². The Kier molecular flexibility index (Phi) is 6.62. The molecular formula is C17H23N3OS2. The van der Waals surface area contributed by atoms with Crippen LogP contribution in [0.1, 0.15) is 26.7 Å². The second kappa shape index (κ2) is 8.47. The molecule has 0 radical (unpaired) electrons. The minimum atomic E-state index is 0.105. The summed E-state index contributed by atoms with van der Waals surface area (Å²) in [6.45, 7) is 4.00. The minimum absolute atomic E-state index is 0.105. The second-order valence-corrected chi connectivity index (χ2v) is 7.47. The lowest BCUT2D eigenvalue weighted by molar-refractivity contribution is -0.117. The Hall–Kier alpha value is -1.37. The standard InChI is InChI=1S/C15H17N3OS2.C2H6/c1-18(2)21-12-7-5-10(6-8-12)13-9-20-15(16-13)17-14(19)11-3-4-11;1-2/h5-9,11H,3-4H2,1-2H3,(H,16,17,19);1-2H3. The van der Waals surface area contributed by atoms with Crippen molar-refractivity contribution in [2.75, 3.05) is 19.4 Å². The van der Waals surface area contributed by atoms with Crippen LogP contribution >= 0.6 is 23.3 Å². The smallest absolute Gasteiger partial charge is 0.229 e. The summed E-state index contributed by atoms with van der Waals surface area (Å²) >= 11 is 3.16. The first-order valence-electron chi connectivity index (χ1n) is 7.84. The molecule has 6 heteroatoms. The van der Waals surface area contributed by atoms with E-state index < -0.39 is 0 Å². The molecule has 0 saturated heterocycles. The van der Waals surface area contributed by atoms with Gasteiger partial charge in [0.2, 0.25) is 5.91 Å². The topological polar surface area (TPSA) is 45.2 Å². The Bertz CT molecular complexity index is 634. The van der Waals surface area contributed by atoms with Gasteiger partial charge < -0.3 is 5.32 Å². The van der Waals surface area contributed by atoms with Gasteiger partial charge in [0.05, 0.1) is 5.69 Å². The van der Waals surface area contributed by atoms with E-state index in [1.165, 1.54) is 16.2 Å². The maximum Gasteiger partial charge on any atom is 0.229 e. The number of anilines is 1. The average Bonchev–Trinajstić information content (AvgIpc) is 3.30. The van der Waals surface area contributed by atoms with Crippen molar-refractivity contribution in [2.45, 2.75) is 31.6 Å². The molecule has 1 heterocycles. The molecule has 1 fully saturated rings. The van der Waals surface area contributed by atoms with Gasteiger partial charge in [-0.15, -0.1) is 11.3 Å². The van der Waals surface area contributed by atoms with Gasteiger partial charge >= 0.3 is 0 Å². The maximum absolute atomic E-state index is 11.7. The number of hydrogen-bond acceptors (Lipinski definition) is 5. The fourth-order valence-corrected chi connectivity index (χ4v) is 3.32. The molecule has 0 atom stereocenters. The summed E-state index contributed by atoms with van der Waals surface area (Å²) in [7, 11) is 4.04. The number of nitrogens with one attached hydrogen (secondary N) is 1. The zero-order valence-corrected chi connectivity index (χ0v) is 15.6. The van der Waals surface area contributed by atoms with Crippen LogP contribution in [0.5, 0.6) is 0 Å². The molecule has 1 aromatic heterocycles. The molecule has 2 aromatic rings. The van der Waals surface area contributed by atoms with Gasteiger partial charge in [-0.2, -0.15) is 0 Å². The zero-order valence-electron chi connectivity index (χ0n) is 14.0. The Morgan fingerprint density at radius 3 is 2.48 bits per heavy atom. The van der Waals surface area contributed by atoms with Crippen LogP contribution in [-0.4, -0.2) is 29.3 Å². The van der Waals surface area contributed by atoms with E-state index in [1.54, 1.807) is 11.9 Å². The van der Waals surface area contributed by atoms with Gasteiger partial charge in [-0.05, 0) is 51.0 Å². The normalized spacial score (nSPS) is 13.4.